The number of alkyl halides is 2. The third kappa shape index (κ3) is 4.45. The second-order valence-corrected chi connectivity index (χ2v) is 9.48. The van der Waals surface area contributed by atoms with Crippen molar-refractivity contribution in [2.24, 2.45) is 0 Å². The van der Waals surface area contributed by atoms with E-state index >= 15 is 0 Å². The summed E-state index contributed by atoms with van der Waals surface area (Å²) in [5, 5.41) is -5.29. The quantitative estimate of drug-likeness (QED) is 0.301. The van der Waals surface area contributed by atoms with Crippen molar-refractivity contribution in [2.45, 2.75) is 35.8 Å². The van der Waals surface area contributed by atoms with E-state index in [1.54, 1.807) is 12.1 Å². The van der Waals surface area contributed by atoms with Crippen LogP contribution in [0, 0.1) is 0 Å². The fourth-order valence-corrected chi connectivity index (χ4v) is 4.24. The van der Waals surface area contributed by atoms with Crippen LogP contribution in [0.3, 0.4) is 0 Å². The number of carbonyl (C=O) groups excluding carboxylic acids is 1. The number of benzene rings is 2. The summed E-state index contributed by atoms with van der Waals surface area (Å²) in [7, 11) is -10.7. The second kappa shape index (κ2) is 7.93. The molecule has 1 aliphatic carbocycles. The van der Waals surface area contributed by atoms with Crippen molar-refractivity contribution < 1.29 is 43.9 Å². The van der Waals surface area contributed by atoms with Crippen LogP contribution in [0.4, 0.5) is 8.78 Å². The van der Waals surface area contributed by atoms with Gasteiger partial charge in [-0.3, -0.25) is 4.55 Å². The van der Waals surface area contributed by atoms with Gasteiger partial charge in [-0.2, -0.15) is 25.6 Å². The summed E-state index contributed by atoms with van der Waals surface area (Å²) in [6.45, 7) is 0. The van der Waals surface area contributed by atoms with Crippen molar-refractivity contribution >= 4 is 26.2 Å². The summed E-state index contributed by atoms with van der Waals surface area (Å²) < 4.78 is 91.4. The van der Waals surface area contributed by atoms with Gasteiger partial charge in [-0.05, 0) is 61.1 Å². The Labute approximate surface area is 171 Å². The molecule has 2 aromatic carbocycles. The second-order valence-electron chi connectivity index (χ2n) is 6.50. The summed E-state index contributed by atoms with van der Waals surface area (Å²) in [6, 6.07) is 8.93. The molecule has 0 saturated heterocycles. The number of aryl methyl sites for hydroxylation is 2. The number of rotatable bonds is 6. The third-order valence-electron chi connectivity index (χ3n) is 4.41. The molecular formula is C18H16F2O8S2. The molecular weight excluding hydrogens is 446 g/mol. The maximum absolute atomic E-state index is 13.5. The van der Waals surface area contributed by atoms with E-state index in [2.05, 4.69) is 4.74 Å². The highest BCUT2D eigenvalue weighted by Crippen LogP contribution is 2.31. The monoisotopic (exact) mass is 462 g/mol. The van der Waals surface area contributed by atoms with E-state index in [1.165, 1.54) is 18.2 Å². The average molecular weight is 462 g/mol. The summed E-state index contributed by atoms with van der Waals surface area (Å²) in [5.41, 5.74) is 2.01. The Kier molecular flexibility index (Phi) is 5.85. The zero-order valence-electron chi connectivity index (χ0n) is 15.2. The summed E-state index contributed by atoms with van der Waals surface area (Å²) in [4.78, 5) is 10.8. The van der Waals surface area contributed by atoms with Crippen LogP contribution >= 0.6 is 0 Å². The molecule has 0 amide bonds. The fourth-order valence-electron chi connectivity index (χ4n) is 2.94. The Bertz CT molecular complexity index is 1190. The molecule has 2 aromatic rings. The average Bonchev–Trinajstić information content (AvgIpc) is 2.67. The lowest BCUT2D eigenvalue weighted by atomic mass is 9.92. The molecule has 0 unspecified atom stereocenters. The van der Waals surface area contributed by atoms with Crippen molar-refractivity contribution in [3.63, 3.8) is 0 Å². The van der Waals surface area contributed by atoms with Crippen LogP contribution in [-0.4, -0.2) is 32.6 Å². The molecule has 0 aliphatic heterocycles. The van der Waals surface area contributed by atoms with E-state index < -0.39 is 42.1 Å². The SMILES string of the molecule is O=C(Oc1ccccc1S(=O)(=O)Oc1ccc2c(c1)CCCC2)C(F)(F)S(=O)(=O)O. The van der Waals surface area contributed by atoms with Crippen LogP contribution in [0.5, 0.6) is 11.5 Å². The van der Waals surface area contributed by atoms with Crippen molar-refractivity contribution in [3.8, 4) is 11.5 Å². The van der Waals surface area contributed by atoms with Gasteiger partial charge in [-0.15, -0.1) is 0 Å². The Balaban J connectivity index is 1.90. The van der Waals surface area contributed by atoms with Crippen LogP contribution in [0.2, 0.25) is 0 Å². The topological polar surface area (TPSA) is 124 Å². The van der Waals surface area contributed by atoms with Gasteiger partial charge < -0.3 is 8.92 Å². The van der Waals surface area contributed by atoms with Gasteiger partial charge in [-0.25, -0.2) is 4.79 Å². The van der Waals surface area contributed by atoms with Crippen LogP contribution in [0.25, 0.3) is 0 Å². The number of hydrogen-bond acceptors (Lipinski definition) is 7. The Morgan fingerprint density at radius 3 is 2.27 bits per heavy atom. The van der Waals surface area contributed by atoms with Crippen molar-refractivity contribution in [3.05, 3.63) is 53.6 Å². The Morgan fingerprint density at radius 2 is 1.60 bits per heavy atom. The van der Waals surface area contributed by atoms with Gasteiger partial charge in [0.15, 0.2) is 5.75 Å². The first-order chi connectivity index (χ1) is 13.9. The summed E-state index contributed by atoms with van der Waals surface area (Å²) in [5.74, 6) is -3.56. The lowest BCUT2D eigenvalue weighted by molar-refractivity contribution is -0.151. The van der Waals surface area contributed by atoms with Gasteiger partial charge in [-0.1, -0.05) is 18.2 Å². The van der Waals surface area contributed by atoms with Gasteiger partial charge in [0.2, 0.25) is 0 Å². The number of esters is 1. The molecule has 0 bridgehead atoms. The van der Waals surface area contributed by atoms with E-state index in [4.69, 9.17) is 8.74 Å². The van der Waals surface area contributed by atoms with Crippen LogP contribution in [0.15, 0.2) is 47.4 Å². The molecule has 0 fully saturated rings. The minimum absolute atomic E-state index is 0.0138. The number of ether oxygens (including phenoxy) is 1. The third-order valence-corrected chi connectivity index (χ3v) is 6.51. The molecule has 0 radical (unpaired) electrons. The zero-order chi connectivity index (χ0) is 22.2. The van der Waals surface area contributed by atoms with Gasteiger partial charge >= 0.3 is 31.5 Å². The normalized spacial score (nSPS) is 14.6. The molecule has 8 nitrogen and oxygen atoms in total. The predicted octanol–water partition coefficient (Wildman–Crippen LogP) is 2.72. The lowest BCUT2D eigenvalue weighted by Gasteiger charge is -2.17. The van der Waals surface area contributed by atoms with Gasteiger partial charge in [0, 0.05) is 0 Å². The van der Waals surface area contributed by atoms with E-state index in [0.717, 1.165) is 48.9 Å². The predicted molar refractivity (Wildman–Crippen MR) is 99.5 cm³/mol. The lowest BCUT2D eigenvalue weighted by Crippen LogP contribution is -2.40. The standard InChI is InChI=1S/C18H16F2O8S2/c19-18(20,30(24,25)26)17(21)27-15-7-3-4-8-16(15)29(22,23)28-14-10-9-12-5-1-2-6-13(12)11-14/h3-4,7-11H,1-2,5-6H2,(H,24,25,26). The van der Waals surface area contributed by atoms with E-state index in [0.29, 0.717) is 0 Å². The largest absolute Gasteiger partial charge is 0.466 e. The Morgan fingerprint density at radius 1 is 0.967 bits per heavy atom. The van der Waals surface area contributed by atoms with Crippen LogP contribution in [0.1, 0.15) is 24.0 Å². The minimum atomic E-state index is -6.12. The van der Waals surface area contributed by atoms with Crippen LogP contribution in [-0.2, 0) is 37.9 Å². The van der Waals surface area contributed by atoms with Crippen molar-refractivity contribution in [1.29, 1.82) is 0 Å². The van der Waals surface area contributed by atoms with E-state index in [-0.39, 0.29) is 5.75 Å². The zero-order valence-corrected chi connectivity index (χ0v) is 16.9. The molecule has 1 N–H and O–H groups in total. The van der Waals surface area contributed by atoms with Crippen molar-refractivity contribution in [2.75, 3.05) is 0 Å². The molecule has 0 atom stereocenters. The molecule has 0 aromatic heterocycles. The number of halogens is 2. The number of carbonyl (C=O) groups is 1. The highest BCUT2D eigenvalue weighted by Gasteiger charge is 2.54. The maximum Gasteiger partial charge on any atom is 0.466 e. The number of fused-ring (bicyclic) bond motifs is 1. The molecule has 162 valence electrons. The highest BCUT2D eigenvalue weighted by atomic mass is 32.2. The smallest absolute Gasteiger partial charge is 0.420 e. The fraction of sp³-hybridized carbons (Fsp3) is 0.278. The first kappa shape index (κ1) is 22.1. The number of hydrogen-bond donors (Lipinski definition) is 1. The first-order valence-electron chi connectivity index (χ1n) is 8.64. The molecule has 0 heterocycles. The molecule has 3 rings (SSSR count). The van der Waals surface area contributed by atoms with E-state index in [9.17, 15) is 30.4 Å². The van der Waals surface area contributed by atoms with E-state index in [1.807, 2.05) is 0 Å². The highest BCUT2D eigenvalue weighted by molar-refractivity contribution is 7.87. The van der Waals surface area contributed by atoms with Gasteiger partial charge in [0.05, 0.1) is 0 Å². The first-order valence-corrected chi connectivity index (χ1v) is 11.5. The molecule has 0 saturated carbocycles. The Hall–Kier alpha value is -2.57. The molecule has 30 heavy (non-hydrogen) atoms. The van der Waals surface area contributed by atoms with Gasteiger partial charge in [0.1, 0.15) is 10.6 Å². The number of para-hydroxylation sites is 1. The summed E-state index contributed by atoms with van der Waals surface area (Å²) in [6.07, 6.45) is 3.59. The minimum Gasteiger partial charge on any atom is -0.420 e. The van der Waals surface area contributed by atoms with Gasteiger partial charge in [0.25, 0.3) is 0 Å². The summed E-state index contributed by atoms with van der Waals surface area (Å²) >= 11 is 0. The van der Waals surface area contributed by atoms with Crippen molar-refractivity contribution in [1.82, 2.24) is 0 Å². The van der Waals surface area contributed by atoms with Crippen LogP contribution < -0.4 is 8.92 Å². The molecule has 1 aliphatic rings. The maximum atomic E-state index is 13.5. The molecule has 0 spiro atoms. The molecule has 12 heteroatoms.